The van der Waals surface area contributed by atoms with Crippen molar-refractivity contribution in [1.29, 1.82) is 0 Å². The molecule has 0 radical (unpaired) electrons. The molecule has 0 aliphatic carbocycles. The van der Waals surface area contributed by atoms with E-state index in [-0.39, 0.29) is 11.8 Å². The average Bonchev–Trinajstić information content (AvgIpc) is 3.17. The van der Waals surface area contributed by atoms with Gasteiger partial charge in [-0.3, -0.25) is 19.9 Å². The third kappa shape index (κ3) is 4.82. The van der Waals surface area contributed by atoms with Gasteiger partial charge in [-0.25, -0.2) is 4.98 Å². The van der Waals surface area contributed by atoms with Crippen LogP contribution in [-0.4, -0.2) is 28.3 Å². The van der Waals surface area contributed by atoms with E-state index in [1.54, 1.807) is 17.2 Å². The number of aryl methyl sites for hydroxylation is 2. The summed E-state index contributed by atoms with van der Waals surface area (Å²) in [5.74, 6) is 0.211. The summed E-state index contributed by atoms with van der Waals surface area (Å²) in [4.78, 5) is 36.3. The maximum atomic E-state index is 13.1. The largest absolute Gasteiger partial charge is 0.310 e. The molecule has 2 aromatic heterocycles. The first kappa shape index (κ1) is 21.2. The minimum Gasteiger partial charge on any atom is -0.310 e. The molecular formula is C24H26N4O2S. The molecule has 0 spiro atoms. The van der Waals surface area contributed by atoms with E-state index in [9.17, 15) is 9.59 Å². The summed E-state index contributed by atoms with van der Waals surface area (Å²) in [5.41, 5.74) is 5.13. The van der Waals surface area contributed by atoms with Gasteiger partial charge in [0.2, 0.25) is 5.91 Å². The molecule has 2 amide bonds. The van der Waals surface area contributed by atoms with Gasteiger partial charge in [0.15, 0.2) is 5.13 Å². The van der Waals surface area contributed by atoms with Crippen LogP contribution in [0.3, 0.4) is 0 Å². The minimum absolute atomic E-state index is 0.0214. The Morgan fingerprint density at radius 2 is 2.00 bits per heavy atom. The van der Waals surface area contributed by atoms with E-state index in [1.807, 2.05) is 24.4 Å². The molecular weight excluding hydrogens is 408 g/mol. The van der Waals surface area contributed by atoms with Crippen molar-refractivity contribution in [2.75, 3.05) is 16.8 Å². The van der Waals surface area contributed by atoms with Crippen LogP contribution in [0.15, 0.2) is 41.9 Å². The Labute approximate surface area is 186 Å². The number of benzene rings is 1. The zero-order chi connectivity index (χ0) is 22.0. The van der Waals surface area contributed by atoms with Crippen LogP contribution in [0.25, 0.3) is 0 Å². The predicted octanol–water partition coefficient (Wildman–Crippen LogP) is 4.74. The average molecular weight is 435 g/mol. The number of pyridine rings is 1. The summed E-state index contributed by atoms with van der Waals surface area (Å²) in [5, 5.41) is 5.25. The monoisotopic (exact) mass is 434 g/mol. The summed E-state index contributed by atoms with van der Waals surface area (Å²) in [6.07, 6.45) is 3.57. The Hall–Kier alpha value is -3.06. The second-order valence-electron chi connectivity index (χ2n) is 8.16. The predicted molar refractivity (Wildman–Crippen MR) is 124 cm³/mol. The maximum absolute atomic E-state index is 13.1. The number of hydrogen-bond acceptors (Lipinski definition) is 5. The van der Waals surface area contributed by atoms with Crippen molar-refractivity contribution in [2.45, 2.75) is 46.0 Å². The highest BCUT2D eigenvalue weighted by atomic mass is 32.1. The number of nitrogens with zero attached hydrogens (tertiary/aromatic N) is 3. The number of anilines is 2. The standard InChI is InChI=1S/C24H26N4O2S/c1-15(2)18-8-6-17(7-9-18)11-22(29)28-10-4-5-20-21(28)12-19(13-25-20)23(30)27-24-26-16(3)14-31-24/h6-9,12-15H,4-5,10-11H2,1-3H3,(H,26,27,30). The lowest BCUT2D eigenvalue weighted by molar-refractivity contribution is -0.118. The van der Waals surface area contributed by atoms with Gasteiger partial charge in [0.25, 0.3) is 5.91 Å². The van der Waals surface area contributed by atoms with E-state index in [1.165, 1.54) is 16.9 Å². The number of fused-ring (bicyclic) bond motifs is 1. The van der Waals surface area contributed by atoms with Crippen molar-refractivity contribution in [3.05, 3.63) is 70.0 Å². The molecule has 6 nitrogen and oxygen atoms in total. The van der Waals surface area contributed by atoms with Gasteiger partial charge in [0.05, 0.1) is 29.1 Å². The van der Waals surface area contributed by atoms with Crippen LogP contribution < -0.4 is 10.2 Å². The number of thiazole rings is 1. The summed E-state index contributed by atoms with van der Waals surface area (Å²) < 4.78 is 0. The van der Waals surface area contributed by atoms with Gasteiger partial charge in [-0.1, -0.05) is 38.1 Å². The molecule has 0 saturated carbocycles. The molecule has 1 N–H and O–H groups in total. The smallest absolute Gasteiger partial charge is 0.259 e. The SMILES string of the molecule is Cc1csc(NC(=O)c2cnc3c(c2)N(C(=O)Cc2ccc(C(C)C)cc2)CCC3)n1. The van der Waals surface area contributed by atoms with Gasteiger partial charge in [-0.05, 0) is 42.9 Å². The number of aromatic nitrogens is 2. The molecule has 160 valence electrons. The Bertz CT molecular complexity index is 1110. The lowest BCUT2D eigenvalue weighted by Crippen LogP contribution is -2.37. The molecule has 3 heterocycles. The Morgan fingerprint density at radius 1 is 1.23 bits per heavy atom. The van der Waals surface area contributed by atoms with E-state index in [4.69, 9.17) is 0 Å². The highest BCUT2D eigenvalue weighted by Crippen LogP contribution is 2.28. The van der Waals surface area contributed by atoms with Crippen LogP contribution >= 0.6 is 11.3 Å². The summed E-state index contributed by atoms with van der Waals surface area (Å²) >= 11 is 1.38. The number of nitrogens with one attached hydrogen (secondary N) is 1. The molecule has 0 unspecified atom stereocenters. The van der Waals surface area contributed by atoms with Gasteiger partial charge < -0.3 is 4.90 Å². The van der Waals surface area contributed by atoms with Crippen molar-refractivity contribution in [2.24, 2.45) is 0 Å². The molecule has 0 atom stereocenters. The molecule has 0 fully saturated rings. The summed E-state index contributed by atoms with van der Waals surface area (Å²) in [6, 6.07) is 9.99. The van der Waals surface area contributed by atoms with Crippen LogP contribution in [0.4, 0.5) is 10.8 Å². The maximum Gasteiger partial charge on any atom is 0.259 e. The van der Waals surface area contributed by atoms with Gasteiger partial charge in [0.1, 0.15) is 0 Å². The lowest BCUT2D eigenvalue weighted by atomic mass is 10.00. The quantitative estimate of drug-likeness (QED) is 0.629. The molecule has 7 heteroatoms. The van der Waals surface area contributed by atoms with E-state index < -0.39 is 0 Å². The van der Waals surface area contributed by atoms with Crippen LogP contribution in [0.5, 0.6) is 0 Å². The van der Waals surface area contributed by atoms with E-state index >= 15 is 0 Å². The first-order valence-electron chi connectivity index (χ1n) is 10.5. The van der Waals surface area contributed by atoms with Crippen LogP contribution in [0.1, 0.15) is 59.1 Å². The molecule has 1 aliphatic rings. The van der Waals surface area contributed by atoms with Gasteiger partial charge in [0, 0.05) is 18.1 Å². The van der Waals surface area contributed by atoms with Gasteiger partial charge >= 0.3 is 0 Å². The Kier molecular flexibility index (Phi) is 6.13. The molecule has 4 rings (SSSR count). The number of carbonyl (C=O) groups is 2. The summed E-state index contributed by atoms with van der Waals surface area (Å²) in [6.45, 7) is 6.82. The highest BCUT2D eigenvalue weighted by molar-refractivity contribution is 7.13. The van der Waals surface area contributed by atoms with Crippen molar-refractivity contribution < 1.29 is 9.59 Å². The molecule has 1 aromatic carbocycles. The normalized spacial score (nSPS) is 13.2. The molecule has 1 aliphatic heterocycles. The zero-order valence-corrected chi connectivity index (χ0v) is 18.8. The number of hydrogen-bond donors (Lipinski definition) is 1. The van der Waals surface area contributed by atoms with Gasteiger partial charge in [-0.2, -0.15) is 0 Å². The van der Waals surface area contributed by atoms with Crippen LogP contribution in [-0.2, 0) is 17.6 Å². The summed E-state index contributed by atoms with van der Waals surface area (Å²) in [7, 11) is 0. The Morgan fingerprint density at radius 3 is 2.68 bits per heavy atom. The Balaban J connectivity index is 1.52. The number of carbonyl (C=O) groups excluding carboxylic acids is 2. The third-order valence-corrected chi connectivity index (χ3v) is 6.31. The fraction of sp³-hybridized carbons (Fsp3) is 0.333. The molecule has 31 heavy (non-hydrogen) atoms. The van der Waals surface area contributed by atoms with Gasteiger partial charge in [-0.15, -0.1) is 11.3 Å². The van der Waals surface area contributed by atoms with Crippen molar-refractivity contribution in [3.8, 4) is 0 Å². The fourth-order valence-electron chi connectivity index (χ4n) is 3.69. The zero-order valence-electron chi connectivity index (χ0n) is 18.0. The lowest BCUT2D eigenvalue weighted by Gasteiger charge is -2.29. The second kappa shape index (κ2) is 8.98. The van der Waals surface area contributed by atoms with E-state index in [0.717, 1.165) is 35.5 Å². The molecule has 3 aromatic rings. The second-order valence-corrected chi connectivity index (χ2v) is 9.02. The third-order valence-electron chi connectivity index (χ3n) is 5.44. The van der Waals surface area contributed by atoms with Crippen molar-refractivity contribution in [3.63, 3.8) is 0 Å². The topological polar surface area (TPSA) is 75.2 Å². The van der Waals surface area contributed by atoms with Crippen LogP contribution in [0, 0.1) is 6.92 Å². The number of rotatable bonds is 5. The molecule has 0 bridgehead atoms. The fourth-order valence-corrected chi connectivity index (χ4v) is 4.37. The highest BCUT2D eigenvalue weighted by Gasteiger charge is 2.25. The van der Waals surface area contributed by atoms with Crippen molar-refractivity contribution >= 4 is 34.0 Å². The van der Waals surface area contributed by atoms with Crippen molar-refractivity contribution in [1.82, 2.24) is 9.97 Å². The first-order chi connectivity index (χ1) is 14.9. The minimum atomic E-state index is -0.271. The number of amides is 2. The first-order valence-corrected chi connectivity index (χ1v) is 11.4. The van der Waals surface area contributed by atoms with Crippen LogP contribution in [0.2, 0.25) is 0 Å². The van der Waals surface area contributed by atoms with E-state index in [0.29, 0.717) is 29.6 Å². The van der Waals surface area contributed by atoms with E-state index in [2.05, 4.69) is 41.3 Å². The molecule has 0 saturated heterocycles.